The van der Waals surface area contributed by atoms with Crippen molar-refractivity contribution in [1.82, 2.24) is 0 Å². The number of hydrogen-bond donors (Lipinski definition) is 0. The first-order valence-corrected chi connectivity index (χ1v) is 3.62. The SMILES string of the molecule is COc1ccc(F)cc1C(F)C=O. The van der Waals surface area contributed by atoms with Gasteiger partial charge in [-0.15, -0.1) is 0 Å². The van der Waals surface area contributed by atoms with E-state index in [1.807, 2.05) is 0 Å². The molecule has 70 valence electrons. The van der Waals surface area contributed by atoms with Crippen LogP contribution in [0.3, 0.4) is 0 Å². The molecule has 0 bridgehead atoms. The number of ether oxygens (including phenoxy) is 1. The molecule has 1 aromatic rings. The molecule has 0 aliphatic rings. The summed E-state index contributed by atoms with van der Waals surface area (Å²) in [7, 11) is 1.33. The van der Waals surface area contributed by atoms with E-state index in [2.05, 4.69) is 0 Å². The van der Waals surface area contributed by atoms with Gasteiger partial charge in [0.25, 0.3) is 0 Å². The van der Waals surface area contributed by atoms with Crippen LogP contribution in [0.4, 0.5) is 8.78 Å². The molecular weight excluding hydrogens is 178 g/mol. The second-order valence-corrected chi connectivity index (χ2v) is 2.42. The Labute approximate surface area is 74.1 Å². The smallest absolute Gasteiger partial charge is 0.184 e. The number of methoxy groups -OCH3 is 1. The van der Waals surface area contributed by atoms with Crippen LogP contribution in [0.5, 0.6) is 5.75 Å². The molecule has 1 aromatic carbocycles. The van der Waals surface area contributed by atoms with Gasteiger partial charge in [0.2, 0.25) is 0 Å². The number of aldehydes is 1. The molecule has 0 N–H and O–H groups in total. The van der Waals surface area contributed by atoms with Crippen LogP contribution in [0.15, 0.2) is 18.2 Å². The molecule has 0 radical (unpaired) electrons. The summed E-state index contributed by atoms with van der Waals surface area (Å²) in [4.78, 5) is 10.1. The lowest BCUT2D eigenvalue weighted by atomic mass is 10.1. The predicted octanol–water partition coefficient (Wildman–Crippen LogP) is 2.04. The highest BCUT2D eigenvalue weighted by atomic mass is 19.1. The van der Waals surface area contributed by atoms with Crippen molar-refractivity contribution in [2.24, 2.45) is 0 Å². The lowest BCUT2D eigenvalue weighted by Crippen LogP contribution is -1.98. The van der Waals surface area contributed by atoms with Crippen LogP contribution in [0.25, 0.3) is 0 Å². The fraction of sp³-hybridized carbons (Fsp3) is 0.222. The first kappa shape index (κ1) is 9.64. The third-order valence-electron chi connectivity index (χ3n) is 1.61. The average molecular weight is 186 g/mol. The van der Waals surface area contributed by atoms with Crippen molar-refractivity contribution in [3.63, 3.8) is 0 Å². The molecule has 1 rings (SSSR count). The van der Waals surface area contributed by atoms with Crippen LogP contribution < -0.4 is 4.74 Å². The molecule has 0 saturated heterocycles. The van der Waals surface area contributed by atoms with E-state index >= 15 is 0 Å². The zero-order valence-corrected chi connectivity index (χ0v) is 6.96. The molecule has 2 nitrogen and oxygen atoms in total. The van der Waals surface area contributed by atoms with Gasteiger partial charge in [-0.25, -0.2) is 8.78 Å². The van der Waals surface area contributed by atoms with E-state index in [1.165, 1.54) is 13.2 Å². The maximum atomic E-state index is 12.9. The van der Waals surface area contributed by atoms with E-state index in [0.29, 0.717) is 0 Å². The molecule has 0 heterocycles. The first-order valence-electron chi connectivity index (χ1n) is 3.62. The summed E-state index contributed by atoms with van der Waals surface area (Å²) in [6.07, 6.45) is -1.75. The summed E-state index contributed by atoms with van der Waals surface area (Å²) in [5.74, 6) is -0.429. The average Bonchev–Trinajstić information content (AvgIpc) is 2.16. The zero-order valence-electron chi connectivity index (χ0n) is 6.96. The van der Waals surface area contributed by atoms with Crippen molar-refractivity contribution in [3.05, 3.63) is 29.6 Å². The second kappa shape index (κ2) is 3.98. The first-order chi connectivity index (χ1) is 6.19. The normalized spacial score (nSPS) is 12.2. The number of rotatable bonds is 3. The number of carbonyl (C=O) groups excluding carboxylic acids is 1. The van der Waals surface area contributed by atoms with E-state index in [-0.39, 0.29) is 17.6 Å². The quantitative estimate of drug-likeness (QED) is 0.675. The standard InChI is InChI=1S/C9H8F2O2/c1-13-9-3-2-6(10)4-7(9)8(11)5-12/h2-5,8H,1H3. The number of carbonyl (C=O) groups is 1. The number of halogens is 2. The largest absolute Gasteiger partial charge is 0.496 e. The lowest BCUT2D eigenvalue weighted by molar-refractivity contribution is -0.112. The second-order valence-electron chi connectivity index (χ2n) is 2.42. The number of alkyl halides is 1. The molecule has 0 fully saturated rings. The topological polar surface area (TPSA) is 26.3 Å². The summed E-state index contributed by atoms with van der Waals surface area (Å²) in [5, 5.41) is 0. The van der Waals surface area contributed by atoms with E-state index in [9.17, 15) is 13.6 Å². The van der Waals surface area contributed by atoms with E-state index in [4.69, 9.17) is 4.74 Å². The molecule has 4 heteroatoms. The van der Waals surface area contributed by atoms with Crippen LogP contribution in [0.2, 0.25) is 0 Å². The van der Waals surface area contributed by atoms with Gasteiger partial charge in [0.05, 0.1) is 7.11 Å². The van der Waals surface area contributed by atoms with Crippen molar-refractivity contribution in [2.45, 2.75) is 6.17 Å². The summed E-state index contributed by atoms with van der Waals surface area (Å²) in [6.45, 7) is 0. The molecule has 0 spiro atoms. The van der Waals surface area contributed by atoms with Crippen LogP contribution in [0, 0.1) is 5.82 Å². The third-order valence-corrected chi connectivity index (χ3v) is 1.61. The Bertz CT molecular complexity index is 312. The molecule has 0 saturated carbocycles. The Kier molecular flexibility index (Phi) is 2.95. The Hall–Kier alpha value is -1.45. The van der Waals surface area contributed by atoms with Gasteiger partial charge < -0.3 is 4.74 Å². The van der Waals surface area contributed by atoms with Gasteiger partial charge in [0, 0.05) is 5.56 Å². The summed E-state index contributed by atoms with van der Waals surface area (Å²) in [6, 6.07) is 3.36. The van der Waals surface area contributed by atoms with Crippen molar-refractivity contribution in [1.29, 1.82) is 0 Å². The fourth-order valence-electron chi connectivity index (χ4n) is 0.994. The lowest BCUT2D eigenvalue weighted by Gasteiger charge is -2.07. The van der Waals surface area contributed by atoms with Crippen LogP contribution >= 0.6 is 0 Å². The Morgan fingerprint density at radius 1 is 1.54 bits per heavy atom. The van der Waals surface area contributed by atoms with Crippen LogP contribution in [0.1, 0.15) is 11.7 Å². The van der Waals surface area contributed by atoms with Gasteiger partial charge in [-0.2, -0.15) is 0 Å². The van der Waals surface area contributed by atoms with Gasteiger partial charge in [0.15, 0.2) is 12.5 Å². The van der Waals surface area contributed by atoms with E-state index < -0.39 is 12.0 Å². The van der Waals surface area contributed by atoms with Gasteiger partial charge in [-0.1, -0.05) is 0 Å². The molecular formula is C9H8F2O2. The van der Waals surface area contributed by atoms with E-state index in [0.717, 1.165) is 12.1 Å². The minimum atomic E-state index is -1.84. The molecule has 0 amide bonds. The van der Waals surface area contributed by atoms with Crippen molar-refractivity contribution in [2.75, 3.05) is 7.11 Å². The Morgan fingerprint density at radius 3 is 2.77 bits per heavy atom. The van der Waals surface area contributed by atoms with E-state index in [1.54, 1.807) is 0 Å². The summed E-state index contributed by atoms with van der Waals surface area (Å²) < 4.78 is 30.3. The number of hydrogen-bond acceptors (Lipinski definition) is 2. The van der Waals surface area contributed by atoms with Crippen LogP contribution in [-0.2, 0) is 4.79 Å². The Morgan fingerprint density at radius 2 is 2.23 bits per heavy atom. The minimum absolute atomic E-state index is 0.0856. The molecule has 13 heavy (non-hydrogen) atoms. The third kappa shape index (κ3) is 2.02. The van der Waals surface area contributed by atoms with Gasteiger partial charge in [0.1, 0.15) is 11.6 Å². The van der Waals surface area contributed by atoms with Crippen molar-refractivity contribution in [3.8, 4) is 5.75 Å². The minimum Gasteiger partial charge on any atom is -0.496 e. The highest BCUT2D eigenvalue weighted by molar-refractivity contribution is 5.62. The fourth-order valence-corrected chi connectivity index (χ4v) is 0.994. The Balaban J connectivity index is 3.14. The molecule has 1 unspecified atom stereocenters. The van der Waals surface area contributed by atoms with Gasteiger partial charge in [-0.05, 0) is 18.2 Å². The maximum absolute atomic E-state index is 12.9. The molecule has 0 aromatic heterocycles. The molecule has 0 aliphatic heterocycles. The highest BCUT2D eigenvalue weighted by Crippen LogP contribution is 2.26. The molecule has 0 aliphatic carbocycles. The number of benzene rings is 1. The van der Waals surface area contributed by atoms with Crippen molar-refractivity contribution < 1.29 is 18.3 Å². The van der Waals surface area contributed by atoms with Gasteiger partial charge in [-0.3, -0.25) is 4.79 Å². The molecule has 1 atom stereocenters. The van der Waals surface area contributed by atoms with Gasteiger partial charge >= 0.3 is 0 Å². The van der Waals surface area contributed by atoms with Crippen LogP contribution in [-0.4, -0.2) is 13.4 Å². The summed E-state index contributed by atoms with van der Waals surface area (Å²) >= 11 is 0. The predicted molar refractivity (Wildman–Crippen MR) is 42.9 cm³/mol. The zero-order chi connectivity index (χ0) is 9.84. The monoisotopic (exact) mass is 186 g/mol. The highest BCUT2D eigenvalue weighted by Gasteiger charge is 2.14. The van der Waals surface area contributed by atoms with Crippen molar-refractivity contribution >= 4 is 6.29 Å². The maximum Gasteiger partial charge on any atom is 0.184 e. The summed E-state index contributed by atoms with van der Waals surface area (Å²) in [5.41, 5.74) is -0.0856.